The van der Waals surface area contributed by atoms with Crippen LogP contribution in [-0.2, 0) is 6.61 Å². The standard InChI is InChI=1S/C22H19ClN2O2/c1-16-5-9-19(10-6-16)22(26)25-24-14-18-3-2-4-21(13-18)27-15-17-7-11-20(23)12-8-17/h2-14H,15H2,1H3,(H,25,26)/b24-14-. The summed E-state index contributed by atoms with van der Waals surface area (Å²) in [4.78, 5) is 12.0. The molecule has 4 nitrogen and oxygen atoms in total. The highest BCUT2D eigenvalue weighted by Crippen LogP contribution is 2.15. The number of benzene rings is 3. The topological polar surface area (TPSA) is 50.7 Å². The molecule has 0 bridgehead atoms. The van der Waals surface area contributed by atoms with E-state index in [4.69, 9.17) is 16.3 Å². The van der Waals surface area contributed by atoms with Crippen LogP contribution < -0.4 is 10.2 Å². The smallest absolute Gasteiger partial charge is 0.271 e. The Morgan fingerprint density at radius 2 is 1.81 bits per heavy atom. The van der Waals surface area contributed by atoms with Crippen LogP contribution in [0.4, 0.5) is 0 Å². The van der Waals surface area contributed by atoms with Gasteiger partial charge in [-0.3, -0.25) is 4.79 Å². The molecule has 3 rings (SSSR count). The highest BCUT2D eigenvalue weighted by molar-refractivity contribution is 6.30. The van der Waals surface area contributed by atoms with Crippen molar-refractivity contribution in [1.82, 2.24) is 5.43 Å². The fourth-order valence-electron chi connectivity index (χ4n) is 2.37. The lowest BCUT2D eigenvalue weighted by Gasteiger charge is -2.07. The van der Waals surface area contributed by atoms with E-state index in [1.165, 1.54) is 0 Å². The Balaban J connectivity index is 1.56. The summed E-state index contributed by atoms with van der Waals surface area (Å²) in [6, 6.07) is 22.3. The second-order valence-corrected chi connectivity index (χ2v) is 6.49. The minimum Gasteiger partial charge on any atom is -0.489 e. The summed E-state index contributed by atoms with van der Waals surface area (Å²) >= 11 is 5.88. The predicted molar refractivity (Wildman–Crippen MR) is 108 cm³/mol. The van der Waals surface area contributed by atoms with Gasteiger partial charge in [0.2, 0.25) is 0 Å². The average molecular weight is 379 g/mol. The maximum atomic E-state index is 12.0. The minimum atomic E-state index is -0.249. The monoisotopic (exact) mass is 378 g/mol. The van der Waals surface area contributed by atoms with Crippen LogP contribution in [-0.4, -0.2) is 12.1 Å². The Bertz CT molecular complexity index is 935. The zero-order valence-electron chi connectivity index (χ0n) is 14.9. The number of aryl methyl sites for hydroxylation is 1. The van der Waals surface area contributed by atoms with E-state index in [1.54, 1.807) is 18.3 Å². The fraction of sp³-hybridized carbons (Fsp3) is 0.0909. The molecule has 0 unspecified atom stereocenters. The van der Waals surface area contributed by atoms with Crippen LogP contribution in [0.2, 0.25) is 5.02 Å². The maximum Gasteiger partial charge on any atom is 0.271 e. The van der Waals surface area contributed by atoms with Crippen LogP contribution in [0, 0.1) is 6.92 Å². The van der Waals surface area contributed by atoms with Crippen molar-refractivity contribution < 1.29 is 9.53 Å². The molecule has 3 aromatic carbocycles. The van der Waals surface area contributed by atoms with Gasteiger partial charge in [0.1, 0.15) is 12.4 Å². The van der Waals surface area contributed by atoms with Crippen molar-refractivity contribution in [2.75, 3.05) is 0 Å². The number of nitrogens with one attached hydrogen (secondary N) is 1. The minimum absolute atomic E-state index is 0.249. The summed E-state index contributed by atoms with van der Waals surface area (Å²) in [5.41, 5.74) is 6.05. The van der Waals surface area contributed by atoms with E-state index in [2.05, 4.69) is 10.5 Å². The number of carbonyl (C=O) groups excluding carboxylic acids is 1. The Kier molecular flexibility index (Phi) is 6.23. The molecule has 1 N–H and O–H groups in total. The summed E-state index contributed by atoms with van der Waals surface area (Å²) in [6.07, 6.45) is 1.58. The number of ether oxygens (including phenoxy) is 1. The number of carbonyl (C=O) groups is 1. The van der Waals surface area contributed by atoms with Crippen molar-refractivity contribution in [2.45, 2.75) is 13.5 Å². The van der Waals surface area contributed by atoms with Crippen molar-refractivity contribution in [1.29, 1.82) is 0 Å². The first kappa shape index (κ1) is 18.7. The van der Waals surface area contributed by atoms with E-state index in [0.717, 1.165) is 22.4 Å². The number of hydrazone groups is 1. The molecule has 0 fully saturated rings. The highest BCUT2D eigenvalue weighted by atomic mass is 35.5. The third-order valence-electron chi connectivity index (χ3n) is 3.87. The van der Waals surface area contributed by atoms with E-state index in [1.807, 2.05) is 67.6 Å². The third-order valence-corrected chi connectivity index (χ3v) is 4.12. The third kappa shape index (κ3) is 5.69. The molecule has 0 aliphatic rings. The normalized spacial score (nSPS) is 10.7. The Morgan fingerprint density at radius 3 is 2.56 bits per heavy atom. The predicted octanol–water partition coefficient (Wildman–Crippen LogP) is 4.99. The van der Waals surface area contributed by atoms with E-state index >= 15 is 0 Å². The van der Waals surface area contributed by atoms with Crippen LogP contribution >= 0.6 is 11.6 Å². The largest absolute Gasteiger partial charge is 0.489 e. The molecule has 27 heavy (non-hydrogen) atoms. The van der Waals surface area contributed by atoms with Crippen LogP contribution in [0.5, 0.6) is 5.75 Å². The van der Waals surface area contributed by atoms with E-state index in [9.17, 15) is 4.79 Å². The summed E-state index contributed by atoms with van der Waals surface area (Å²) in [6.45, 7) is 2.42. The Labute approximate surface area is 163 Å². The molecule has 0 atom stereocenters. The number of rotatable bonds is 6. The first-order valence-corrected chi connectivity index (χ1v) is 8.85. The van der Waals surface area contributed by atoms with E-state index < -0.39 is 0 Å². The molecule has 3 aromatic rings. The van der Waals surface area contributed by atoms with Gasteiger partial charge in [-0.1, -0.05) is 53.6 Å². The second-order valence-electron chi connectivity index (χ2n) is 6.05. The van der Waals surface area contributed by atoms with Crippen molar-refractivity contribution in [2.24, 2.45) is 5.10 Å². The summed E-state index contributed by atoms with van der Waals surface area (Å²) < 4.78 is 5.79. The summed E-state index contributed by atoms with van der Waals surface area (Å²) in [7, 11) is 0. The first-order valence-electron chi connectivity index (χ1n) is 8.47. The van der Waals surface area contributed by atoms with Crippen molar-refractivity contribution >= 4 is 23.7 Å². The molecule has 0 aliphatic carbocycles. The van der Waals surface area contributed by atoms with Crippen LogP contribution in [0.15, 0.2) is 77.9 Å². The molecule has 0 heterocycles. The summed E-state index contributed by atoms with van der Waals surface area (Å²) in [5, 5.41) is 4.71. The number of hydrogen-bond acceptors (Lipinski definition) is 3. The lowest BCUT2D eigenvalue weighted by Crippen LogP contribution is -2.17. The van der Waals surface area contributed by atoms with Crippen molar-refractivity contribution in [3.8, 4) is 5.75 Å². The van der Waals surface area contributed by atoms with Gasteiger partial charge in [0, 0.05) is 10.6 Å². The zero-order chi connectivity index (χ0) is 19.1. The average Bonchev–Trinajstić information content (AvgIpc) is 2.68. The van der Waals surface area contributed by atoms with E-state index in [0.29, 0.717) is 17.2 Å². The lowest BCUT2D eigenvalue weighted by molar-refractivity contribution is 0.0955. The van der Waals surface area contributed by atoms with Gasteiger partial charge < -0.3 is 4.74 Å². The number of nitrogens with zero attached hydrogens (tertiary/aromatic N) is 1. The van der Waals surface area contributed by atoms with Gasteiger partial charge in [0.05, 0.1) is 6.21 Å². The van der Waals surface area contributed by atoms with Crippen LogP contribution in [0.1, 0.15) is 27.0 Å². The van der Waals surface area contributed by atoms with Crippen molar-refractivity contribution in [3.63, 3.8) is 0 Å². The number of halogens is 1. The van der Waals surface area contributed by atoms with Gasteiger partial charge in [-0.15, -0.1) is 0 Å². The molecule has 0 saturated carbocycles. The molecule has 0 aliphatic heterocycles. The summed E-state index contributed by atoms with van der Waals surface area (Å²) in [5.74, 6) is 0.472. The Morgan fingerprint density at radius 1 is 1.07 bits per heavy atom. The second kappa shape index (κ2) is 9.01. The molecule has 136 valence electrons. The van der Waals surface area contributed by atoms with E-state index in [-0.39, 0.29) is 5.91 Å². The molecule has 5 heteroatoms. The molecular weight excluding hydrogens is 360 g/mol. The highest BCUT2D eigenvalue weighted by Gasteiger charge is 2.03. The fourth-order valence-corrected chi connectivity index (χ4v) is 2.49. The molecule has 0 saturated heterocycles. The lowest BCUT2D eigenvalue weighted by atomic mass is 10.1. The van der Waals surface area contributed by atoms with Gasteiger partial charge in [-0.2, -0.15) is 5.10 Å². The van der Waals surface area contributed by atoms with Gasteiger partial charge in [-0.05, 0) is 54.4 Å². The van der Waals surface area contributed by atoms with Gasteiger partial charge in [0.25, 0.3) is 5.91 Å². The number of amides is 1. The van der Waals surface area contributed by atoms with Gasteiger partial charge in [-0.25, -0.2) is 5.43 Å². The molecule has 1 amide bonds. The molecule has 0 aromatic heterocycles. The zero-order valence-corrected chi connectivity index (χ0v) is 15.6. The van der Waals surface area contributed by atoms with Gasteiger partial charge in [0.15, 0.2) is 0 Å². The first-order chi connectivity index (χ1) is 13.1. The van der Waals surface area contributed by atoms with Crippen molar-refractivity contribution in [3.05, 3.63) is 100 Å². The number of hydrogen-bond donors (Lipinski definition) is 1. The van der Waals surface area contributed by atoms with Gasteiger partial charge >= 0.3 is 0 Å². The SMILES string of the molecule is Cc1ccc(C(=O)N/N=C\c2cccc(OCc3ccc(Cl)cc3)c2)cc1. The quantitative estimate of drug-likeness (QED) is 0.485. The molecule has 0 spiro atoms. The maximum absolute atomic E-state index is 12.0. The Hall–Kier alpha value is -3.11. The molecular formula is C22H19ClN2O2. The molecule has 0 radical (unpaired) electrons. The van der Waals surface area contributed by atoms with Crippen LogP contribution in [0.3, 0.4) is 0 Å². The van der Waals surface area contributed by atoms with Crippen LogP contribution in [0.25, 0.3) is 0 Å².